The molecular weight excluding hydrogens is 478 g/mol. The van der Waals surface area contributed by atoms with Crippen molar-refractivity contribution in [3.05, 3.63) is 77.1 Å². The summed E-state index contributed by atoms with van der Waals surface area (Å²) in [5.41, 5.74) is 2.08. The van der Waals surface area contributed by atoms with Crippen LogP contribution in [0.1, 0.15) is 29.2 Å². The van der Waals surface area contributed by atoms with Crippen LogP contribution < -0.4 is 17.2 Å². The van der Waals surface area contributed by atoms with Crippen LogP contribution in [0.3, 0.4) is 0 Å². The predicted molar refractivity (Wildman–Crippen MR) is 127 cm³/mol. The molecule has 0 amide bonds. The van der Waals surface area contributed by atoms with Crippen molar-refractivity contribution in [1.82, 2.24) is 25.4 Å². The van der Waals surface area contributed by atoms with Crippen molar-refractivity contribution >= 4 is 0 Å². The number of nitrogens with zero attached hydrogens (tertiary/aromatic N) is 4. The number of hydrazine groups is 2. The molecule has 1 fully saturated rings. The Hall–Kier alpha value is -3.03. The van der Waals surface area contributed by atoms with Crippen molar-refractivity contribution in [1.29, 1.82) is 0 Å². The number of hydrogen-bond acceptors (Lipinski definition) is 8. The van der Waals surface area contributed by atoms with Crippen molar-refractivity contribution in [2.45, 2.75) is 25.4 Å². The lowest BCUT2D eigenvalue weighted by Crippen LogP contribution is -2.37. The summed E-state index contributed by atoms with van der Waals surface area (Å²) in [6.07, 6.45) is -2.75. The number of aryl methyl sites for hydroxylation is 1. The molecule has 0 aliphatic carbocycles. The summed E-state index contributed by atoms with van der Waals surface area (Å²) < 4.78 is 58.2. The number of nitrogens with two attached hydrogens (primary N) is 2. The molecule has 0 spiro atoms. The lowest BCUT2D eigenvalue weighted by Gasteiger charge is -2.26. The molecule has 5 N–H and O–H groups in total. The Labute approximate surface area is 206 Å². The van der Waals surface area contributed by atoms with Crippen LogP contribution in [-0.2, 0) is 23.8 Å². The molecule has 1 aliphatic heterocycles. The van der Waals surface area contributed by atoms with Crippen LogP contribution in [0.15, 0.2) is 48.5 Å². The number of ether oxygens (including phenoxy) is 1. The van der Waals surface area contributed by atoms with E-state index in [1.54, 1.807) is 23.7 Å². The van der Waals surface area contributed by atoms with Gasteiger partial charge in [-0.25, -0.2) is 19.3 Å². The second-order valence-corrected chi connectivity index (χ2v) is 8.10. The number of hydrogen-bond donors (Lipinski definition) is 3. The van der Waals surface area contributed by atoms with E-state index < -0.39 is 11.7 Å². The van der Waals surface area contributed by atoms with E-state index >= 15 is 0 Å². The van der Waals surface area contributed by atoms with Crippen molar-refractivity contribution in [3.8, 4) is 11.4 Å². The highest BCUT2D eigenvalue weighted by molar-refractivity contribution is 5.56. The summed E-state index contributed by atoms with van der Waals surface area (Å²) in [5, 5.41) is 0. The minimum atomic E-state index is -4.46. The summed E-state index contributed by atoms with van der Waals surface area (Å²) in [4.78, 5) is 15.8. The zero-order chi connectivity index (χ0) is 26.0. The largest absolute Gasteiger partial charge is 0.416 e. The average molecular weight is 508 g/mol. The van der Waals surface area contributed by atoms with Gasteiger partial charge >= 0.3 is 6.18 Å². The van der Waals surface area contributed by atoms with Gasteiger partial charge in [0.05, 0.1) is 18.8 Å². The van der Waals surface area contributed by atoms with Crippen LogP contribution in [0.2, 0.25) is 0 Å². The monoisotopic (exact) mass is 507 g/mol. The van der Waals surface area contributed by atoms with E-state index in [0.717, 1.165) is 43.8 Å². The molecule has 4 rings (SSSR count). The molecule has 0 unspecified atom stereocenters. The number of aromatic nitrogens is 3. The molecule has 0 bridgehead atoms. The summed E-state index contributed by atoms with van der Waals surface area (Å²) in [6.45, 7) is 4.05. The first-order valence-corrected chi connectivity index (χ1v) is 11.4. The third-order valence-electron chi connectivity index (χ3n) is 5.43. The SMILES string of the molecule is Fc1ccc(Cc2nc(CCCN3CCOCC3)nc(-c3cccc(C(F)(F)F)c3)n2)cc1.NNN. The summed E-state index contributed by atoms with van der Waals surface area (Å²) >= 11 is 0. The van der Waals surface area contributed by atoms with E-state index in [9.17, 15) is 17.6 Å². The maximum absolute atomic E-state index is 13.3. The molecule has 36 heavy (non-hydrogen) atoms. The van der Waals surface area contributed by atoms with Crippen molar-refractivity contribution in [2.24, 2.45) is 11.7 Å². The van der Waals surface area contributed by atoms with Gasteiger partial charge in [-0.15, -0.1) is 0 Å². The summed E-state index contributed by atoms with van der Waals surface area (Å²) in [5.74, 6) is 9.57. The molecule has 194 valence electrons. The Kier molecular flexibility index (Phi) is 10.2. The first kappa shape index (κ1) is 27.6. The molecular formula is C24H29F4N7O. The fourth-order valence-electron chi connectivity index (χ4n) is 3.69. The predicted octanol–water partition coefficient (Wildman–Crippen LogP) is 2.88. The van der Waals surface area contributed by atoms with Crippen LogP contribution in [0.25, 0.3) is 11.4 Å². The topological polar surface area (TPSA) is 115 Å². The molecule has 12 heteroatoms. The van der Waals surface area contributed by atoms with Gasteiger partial charge in [-0.3, -0.25) is 16.6 Å². The van der Waals surface area contributed by atoms with Crippen LogP contribution in [0.5, 0.6) is 0 Å². The first-order valence-electron chi connectivity index (χ1n) is 11.4. The van der Waals surface area contributed by atoms with Gasteiger partial charge in [0.1, 0.15) is 17.5 Å². The minimum Gasteiger partial charge on any atom is -0.379 e. The zero-order valence-corrected chi connectivity index (χ0v) is 19.6. The van der Waals surface area contributed by atoms with Gasteiger partial charge in [0.25, 0.3) is 0 Å². The van der Waals surface area contributed by atoms with Crippen LogP contribution >= 0.6 is 0 Å². The van der Waals surface area contributed by atoms with E-state index in [-0.39, 0.29) is 17.2 Å². The van der Waals surface area contributed by atoms with E-state index in [2.05, 4.69) is 31.5 Å². The fourth-order valence-corrected chi connectivity index (χ4v) is 3.69. The van der Waals surface area contributed by atoms with Gasteiger partial charge < -0.3 is 4.74 Å². The summed E-state index contributed by atoms with van der Waals surface area (Å²) in [6, 6.07) is 11.0. The van der Waals surface area contributed by atoms with Gasteiger partial charge in [-0.2, -0.15) is 18.7 Å². The molecule has 2 heterocycles. The van der Waals surface area contributed by atoms with Crippen LogP contribution in [-0.4, -0.2) is 52.7 Å². The number of alkyl halides is 3. The number of halogens is 4. The Morgan fingerprint density at radius 3 is 2.28 bits per heavy atom. The fraction of sp³-hybridized carbons (Fsp3) is 0.375. The molecule has 2 aromatic carbocycles. The second kappa shape index (κ2) is 13.3. The highest BCUT2D eigenvalue weighted by Crippen LogP contribution is 2.31. The molecule has 1 aromatic heterocycles. The zero-order valence-electron chi connectivity index (χ0n) is 19.6. The highest BCUT2D eigenvalue weighted by Gasteiger charge is 2.30. The highest BCUT2D eigenvalue weighted by atomic mass is 19.4. The van der Waals surface area contributed by atoms with Gasteiger partial charge in [0.2, 0.25) is 0 Å². The van der Waals surface area contributed by atoms with Crippen molar-refractivity contribution in [3.63, 3.8) is 0 Å². The maximum Gasteiger partial charge on any atom is 0.416 e. The van der Waals surface area contributed by atoms with E-state index in [1.165, 1.54) is 18.2 Å². The molecule has 0 saturated carbocycles. The number of rotatable bonds is 7. The average Bonchev–Trinajstić information content (AvgIpc) is 2.86. The minimum absolute atomic E-state index is 0.203. The van der Waals surface area contributed by atoms with E-state index in [0.29, 0.717) is 37.7 Å². The molecule has 8 nitrogen and oxygen atoms in total. The summed E-state index contributed by atoms with van der Waals surface area (Å²) in [7, 11) is 0. The molecule has 3 aromatic rings. The Balaban J connectivity index is 0.00000115. The van der Waals surface area contributed by atoms with Crippen molar-refractivity contribution < 1.29 is 22.3 Å². The standard InChI is InChI=1S/C24H24F4N4O.H5N3/c25-20-8-6-17(7-9-20)15-22-29-21(5-2-10-32-11-13-33-14-12-32)30-23(31-22)18-3-1-4-19(16-18)24(26,27)28;1-3-2/h1,3-4,6-9,16H,2,5,10-15H2;3H,1-2H2. The number of benzene rings is 2. The van der Waals surface area contributed by atoms with Gasteiger partial charge in [0.15, 0.2) is 5.82 Å². The molecule has 1 saturated heterocycles. The van der Waals surface area contributed by atoms with Gasteiger partial charge in [-0.1, -0.05) is 24.3 Å². The maximum atomic E-state index is 13.3. The van der Waals surface area contributed by atoms with Gasteiger partial charge in [0, 0.05) is 31.5 Å². The second-order valence-electron chi connectivity index (χ2n) is 8.10. The quantitative estimate of drug-likeness (QED) is 0.254. The Bertz CT molecular complexity index is 1090. The third-order valence-corrected chi connectivity index (χ3v) is 5.43. The number of morpholine rings is 1. The Morgan fingerprint density at radius 2 is 1.61 bits per heavy atom. The van der Waals surface area contributed by atoms with Gasteiger partial charge in [-0.05, 0) is 42.8 Å². The molecule has 0 radical (unpaired) electrons. The van der Waals surface area contributed by atoms with Crippen LogP contribution in [0.4, 0.5) is 17.6 Å². The third kappa shape index (κ3) is 8.57. The lowest BCUT2D eigenvalue weighted by atomic mass is 10.1. The van der Waals surface area contributed by atoms with E-state index in [4.69, 9.17) is 4.74 Å². The number of nitrogens with one attached hydrogen (secondary N) is 1. The Morgan fingerprint density at radius 1 is 0.944 bits per heavy atom. The lowest BCUT2D eigenvalue weighted by molar-refractivity contribution is -0.137. The van der Waals surface area contributed by atoms with E-state index in [1.807, 2.05) is 0 Å². The van der Waals surface area contributed by atoms with Crippen molar-refractivity contribution in [2.75, 3.05) is 32.8 Å². The smallest absolute Gasteiger partial charge is 0.379 e. The van der Waals surface area contributed by atoms with Crippen LogP contribution in [0, 0.1) is 5.82 Å². The molecule has 0 atom stereocenters. The normalized spacial score (nSPS) is 14.3. The molecule has 1 aliphatic rings. The first-order chi connectivity index (χ1) is 17.3.